The van der Waals surface area contributed by atoms with Crippen molar-refractivity contribution >= 4 is 29.1 Å². The molecule has 1 heterocycles. The van der Waals surface area contributed by atoms with E-state index in [1.807, 2.05) is 36.4 Å². The molecule has 3 rings (SSSR count). The van der Waals surface area contributed by atoms with Crippen LogP contribution in [-0.4, -0.2) is 44.7 Å². The summed E-state index contributed by atoms with van der Waals surface area (Å²) in [6, 6.07) is 11.4. The van der Waals surface area contributed by atoms with Crippen molar-refractivity contribution in [2.24, 2.45) is 5.92 Å². The molecule has 1 unspecified atom stereocenters. The van der Waals surface area contributed by atoms with E-state index in [4.69, 9.17) is 32.7 Å². The number of likely N-dealkylation sites (tertiary alicyclic amines) is 1. The Kier molecular flexibility index (Phi) is 8.25. The van der Waals surface area contributed by atoms with Crippen LogP contribution < -0.4 is 14.8 Å². The number of hydrogen-bond donors (Lipinski definition) is 1. The van der Waals surface area contributed by atoms with E-state index < -0.39 is 0 Å². The molecule has 5 nitrogen and oxygen atoms in total. The predicted octanol–water partition coefficient (Wildman–Crippen LogP) is 4.58. The van der Waals surface area contributed by atoms with E-state index in [2.05, 4.69) is 10.2 Å². The van der Waals surface area contributed by atoms with Gasteiger partial charge in [0.15, 0.2) is 11.5 Å². The third-order valence-electron chi connectivity index (χ3n) is 5.48. The topological polar surface area (TPSA) is 50.8 Å². The summed E-state index contributed by atoms with van der Waals surface area (Å²) in [5, 5.41) is 4.43. The zero-order chi connectivity index (χ0) is 21.5. The molecule has 0 aliphatic carbocycles. The molecule has 1 saturated heterocycles. The quantitative estimate of drug-likeness (QED) is 0.639. The first kappa shape index (κ1) is 22.7. The minimum absolute atomic E-state index is 0.0228. The minimum Gasteiger partial charge on any atom is -0.493 e. The van der Waals surface area contributed by atoms with E-state index in [1.165, 1.54) is 0 Å². The van der Waals surface area contributed by atoms with Crippen molar-refractivity contribution in [3.63, 3.8) is 0 Å². The van der Waals surface area contributed by atoms with Gasteiger partial charge in [-0.05, 0) is 55.6 Å². The Morgan fingerprint density at radius 1 is 1.13 bits per heavy atom. The molecule has 1 atom stereocenters. The average Bonchev–Trinajstić information content (AvgIpc) is 2.76. The Bertz CT molecular complexity index is 855. The summed E-state index contributed by atoms with van der Waals surface area (Å²) in [4.78, 5) is 15.0. The van der Waals surface area contributed by atoms with Crippen molar-refractivity contribution in [1.82, 2.24) is 10.2 Å². The molecule has 0 saturated carbocycles. The van der Waals surface area contributed by atoms with Crippen LogP contribution in [0.25, 0.3) is 0 Å². The number of methoxy groups -OCH3 is 2. The summed E-state index contributed by atoms with van der Waals surface area (Å²) in [6.07, 6.45) is 2.61. The van der Waals surface area contributed by atoms with Crippen molar-refractivity contribution in [2.45, 2.75) is 25.8 Å². The first-order valence-electron chi connectivity index (χ1n) is 10.2. The number of hydrogen-bond acceptors (Lipinski definition) is 4. The maximum absolute atomic E-state index is 12.7. The van der Waals surface area contributed by atoms with Crippen molar-refractivity contribution in [1.29, 1.82) is 0 Å². The number of benzene rings is 2. The van der Waals surface area contributed by atoms with Gasteiger partial charge in [0.05, 0.1) is 20.1 Å². The number of carbonyl (C=O) groups excluding carboxylic acids is 1. The Morgan fingerprint density at radius 3 is 2.57 bits per heavy atom. The monoisotopic (exact) mass is 450 g/mol. The molecule has 0 spiro atoms. The number of rotatable bonds is 8. The zero-order valence-corrected chi connectivity index (χ0v) is 18.9. The first-order valence-corrected chi connectivity index (χ1v) is 10.9. The average molecular weight is 451 g/mol. The number of piperidine rings is 1. The lowest BCUT2D eigenvalue weighted by Crippen LogP contribution is -2.43. The number of halogens is 2. The second kappa shape index (κ2) is 10.9. The van der Waals surface area contributed by atoms with E-state index in [1.54, 1.807) is 14.2 Å². The van der Waals surface area contributed by atoms with Crippen LogP contribution in [-0.2, 0) is 17.8 Å². The zero-order valence-electron chi connectivity index (χ0n) is 17.4. The van der Waals surface area contributed by atoms with Crippen LogP contribution in [0.5, 0.6) is 11.5 Å². The van der Waals surface area contributed by atoms with Crippen molar-refractivity contribution in [3.8, 4) is 11.5 Å². The van der Waals surface area contributed by atoms with Crippen LogP contribution in [0.2, 0.25) is 10.0 Å². The Balaban J connectivity index is 1.51. The van der Waals surface area contributed by atoms with Crippen molar-refractivity contribution in [2.75, 3.05) is 33.9 Å². The van der Waals surface area contributed by atoms with Crippen LogP contribution in [0.3, 0.4) is 0 Å². The number of nitrogens with one attached hydrogen (secondary N) is 1. The van der Waals surface area contributed by atoms with Gasteiger partial charge in [-0.25, -0.2) is 0 Å². The maximum Gasteiger partial charge on any atom is 0.224 e. The molecule has 7 heteroatoms. The van der Waals surface area contributed by atoms with Crippen LogP contribution in [0.15, 0.2) is 36.4 Å². The number of carbonyl (C=O) groups is 1. The Labute approximate surface area is 188 Å². The number of nitrogens with zero attached hydrogens (tertiary/aromatic N) is 1. The largest absolute Gasteiger partial charge is 0.493 e. The molecule has 1 amide bonds. The van der Waals surface area contributed by atoms with E-state index in [-0.39, 0.29) is 11.8 Å². The van der Waals surface area contributed by atoms with Gasteiger partial charge < -0.3 is 14.8 Å². The third-order valence-corrected chi connectivity index (χ3v) is 6.19. The van der Waals surface area contributed by atoms with Crippen LogP contribution >= 0.6 is 23.2 Å². The van der Waals surface area contributed by atoms with Gasteiger partial charge >= 0.3 is 0 Å². The predicted molar refractivity (Wildman–Crippen MR) is 121 cm³/mol. The SMILES string of the molecule is COc1ccc(CCNC(=O)C2CCCN(Cc3c(Cl)cccc3Cl)C2)cc1OC. The van der Waals surface area contributed by atoms with E-state index in [0.717, 1.165) is 36.9 Å². The fourth-order valence-corrected chi connectivity index (χ4v) is 4.35. The normalized spacial score (nSPS) is 16.9. The van der Waals surface area contributed by atoms with Gasteiger partial charge in [-0.3, -0.25) is 9.69 Å². The van der Waals surface area contributed by atoms with Crippen molar-refractivity contribution < 1.29 is 14.3 Å². The van der Waals surface area contributed by atoms with Gasteiger partial charge in [0.1, 0.15) is 0 Å². The molecule has 0 aromatic heterocycles. The molecule has 0 radical (unpaired) electrons. The van der Waals surface area contributed by atoms with E-state index in [0.29, 0.717) is 41.2 Å². The van der Waals surface area contributed by atoms with Gasteiger partial charge in [0, 0.05) is 35.2 Å². The molecular formula is C23H28Cl2N2O3. The fraction of sp³-hybridized carbons (Fsp3) is 0.435. The first-order chi connectivity index (χ1) is 14.5. The van der Waals surface area contributed by atoms with Gasteiger partial charge in [-0.15, -0.1) is 0 Å². The highest BCUT2D eigenvalue weighted by Gasteiger charge is 2.26. The van der Waals surface area contributed by atoms with Gasteiger partial charge in [-0.2, -0.15) is 0 Å². The smallest absolute Gasteiger partial charge is 0.224 e. The summed E-state index contributed by atoms with van der Waals surface area (Å²) in [5.74, 6) is 1.48. The van der Waals surface area contributed by atoms with Gasteiger partial charge in [-0.1, -0.05) is 35.3 Å². The third kappa shape index (κ3) is 5.81. The molecule has 1 N–H and O–H groups in total. The van der Waals surface area contributed by atoms with Crippen LogP contribution in [0.1, 0.15) is 24.0 Å². The Hall–Kier alpha value is -1.95. The van der Waals surface area contributed by atoms with Crippen LogP contribution in [0.4, 0.5) is 0 Å². The summed E-state index contributed by atoms with van der Waals surface area (Å²) < 4.78 is 10.6. The molecule has 0 bridgehead atoms. The highest BCUT2D eigenvalue weighted by atomic mass is 35.5. The van der Waals surface area contributed by atoms with Crippen molar-refractivity contribution in [3.05, 3.63) is 57.6 Å². The summed E-state index contributed by atoms with van der Waals surface area (Å²) >= 11 is 12.6. The molecule has 2 aromatic carbocycles. The number of amides is 1. The molecule has 162 valence electrons. The molecule has 2 aromatic rings. The molecule has 1 aliphatic heterocycles. The molecule has 1 aliphatic rings. The molecule has 1 fully saturated rings. The summed E-state index contributed by atoms with van der Waals surface area (Å²) in [5.41, 5.74) is 2.02. The molecular weight excluding hydrogens is 423 g/mol. The van der Waals surface area contributed by atoms with Crippen LogP contribution in [0, 0.1) is 5.92 Å². The van der Waals surface area contributed by atoms with E-state index >= 15 is 0 Å². The fourth-order valence-electron chi connectivity index (χ4n) is 3.83. The summed E-state index contributed by atoms with van der Waals surface area (Å²) in [6.45, 7) is 2.90. The maximum atomic E-state index is 12.7. The second-order valence-corrected chi connectivity index (χ2v) is 8.32. The second-order valence-electron chi connectivity index (χ2n) is 7.50. The highest BCUT2D eigenvalue weighted by Crippen LogP contribution is 2.29. The van der Waals surface area contributed by atoms with E-state index in [9.17, 15) is 4.79 Å². The highest BCUT2D eigenvalue weighted by molar-refractivity contribution is 6.35. The lowest BCUT2D eigenvalue weighted by atomic mass is 9.96. The molecule has 30 heavy (non-hydrogen) atoms. The lowest BCUT2D eigenvalue weighted by molar-refractivity contribution is -0.126. The lowest BCUT2D eigenvalue weighted by Gasteiger charge is -2.32. The minimum atomic E-state index is -0.0228. The number of ether oxygens (including phenoxy) is 2. The summed E-state index contributed by atoms with van der Waals surface area (Å²) in [7, 11) is 3.24. The Morgan fingerprint density at radius 2 is 1.87 bits per heavy atom. The van der Waals surface area contributed by atoms with Gasteiger partial charge in [0.25, 0.3) is 0 Å². The van der Waals surface area contributed by atoms with Gasteiger partial charge in [0.2, 0.25) is 5.91 Å². The standard InChI is InChI=1S/C23H28Cl2N2O3/c1-29-21-9-8-16(13-22(21)30-2)10-11-26-23(28)17-5-4-12-27(14-17)15-18-19(24)6-3-7-20(18)25/h3,6-9,13,17H,4-5,10-12,14-15H2,1-2H3,(H,26,28).